The number of rotatable bonds is 4. The Morgan fingerprint density at radius 2 is 2.00 bits per heavy atom. The van der Waals surface area contributed by atoms with Gasteiger partial charge in [-0.3, -0.25) is 4.79 Å². The molecular formula is C16H21FN2O3. The molecule has 0 saturated carbocycles. The second-order valence-corrected chi connectivity index (χ2v) is 5.39. The Kier molecular flexibility index (Phi) is 5.75. The molecule has 0 aliphatic carbocycles. The van der Waals surface area contributed by atoms with Crippen molar-refractivity contribution < 1.29 is 18.7 Å². The molecule has 1 aromatic carbocycles. The fourth-order valence-corrected chi connectivity index (χ4v) is 2.58. The maximum absolute atomic E-state index is 13.5. The van der Waals surface area contributed by atoms with Crippen LogP contribution in [0.4, 0.5) is 9.18 Å². The van der Waals surface area contributed by atoms with E-state index in [2.05, 4.69) is 10.1 Å². The summed E-state index contributed by atoms with van der Waals surface area (Å²) in [6, 6.07) is 6.55. The van der Waals surface area contributed by atoms with Crippen LogP contribution in [0.3, 0.4) is 0 Å². The van der Waals surface area contributed by atoms with Gasteiger partial charge in [0.1, 0.15) is 5.82 Å². The lowest BCUT2D eigenvalue weighted by atomic mass is 10.0. The van der Waals surface area contributed by atoms with Gasteiger partial charge in [-0.1, -0.05) is 18.2 Å². The Morgan fingerprint density at radius 1 is 1.32 bits per heavy atom. The lowest BCUT2D eigenvalue weighted by Crippen LogP contribution is -2.46. The average molecular weight is 308 g/mol. The zero-order chi connectivity index (χ0) is 15.9. The molecule has 6 heteroatoms. The molecule has 1 fully saturated rings. The molecule has 0 aromatic heterocycles. The van der Waals surface area contributed by atoms with Gasteiger partial charge in [-0.15, -0.1) is 0 Å². The molecule has 0 atom stereocenters. The number of nitrogens with zero attached hydrogens (tertiary/aromatic N) is 1. The third-order valence-corrected chi connectivity index (χ3v) is 3.87. The molecule has 22 heavy (non-hydrogen) atoms. The van der Waals surface area contributed by atoms with Crippen molar-refractivity contribution in [1.29, 1.82) is 0 Å². The second-order valence-electron chi connectivity index (χ2n) is 5.39. The van der Waals surface area contributed by atoms with E-state index in [1.807, 2.05) is 0 Å². The lowest BCUT2D eigenvalue weighted by Gasteiger charge is -2.31. The fourth-order valence-electron chi connectivity index (χ4n) is 2.58. The number of piperidine rings is 1. The number of amides is 2. The highest BCUT2D eigenvalue weighted by Crippen LogP contribution is 2.12. The number of aryl methyl sites for hydroxylation is 1. The van der Waals surface area contributed by atoms with Crippen LogP contribution in [-0.4, -0.2) is 43.1 Å². The maximum atomic E-state index is 13.5. The SMILES string of the molecule is COC(=O)N1CCC(NC(=O)CCc2ccccc2F)CC1. The first kappa shape index (κ1) is 16.3. The van der Waals surface area contributed by atoms with Gasteiger partial charge in [-0.05, 0) is 30.9 Å². The summed E-state index contributed by atoms with van der Waals surface area (Å²) >= 11 is 0. The minimum atomic E-state index is -0.329. The number of nitrogens with one attached hydrogen (secondary N) is 1. The first-order chi connectivity index (χ1) is 10.6. The maximum Gasteiger partial charge on any atom is 0.409 e. The summed E-state index contributed by atoms with van der Waals surface area (Å²) in [6.45, 7) is 1.15. The molecule has 120 valence electrons. The fraction of sp³-hybridized carbons (Fsp3) is 0.500. The molecule has 1 heterocycles. The molecule has 1 aliphatic rings. The number of hydrogen-bond donors (Lipinski definition) is 1. The van der Waals surface area contributed by atoms with E-state index in [-0.39, 0.29) is 30.3 Å². The van der Waals surface area contributed by atoms with Crippen LogP contribution >= 0.6 is 0 Å². The normalized spacial score (nSPS) is 15.5. The van der Waals surface area contributed by atoms with E-state index in [1.54, 1.807) is 23.1 Å². The van der Waals surface area contributed by atoms with Crippen molar-refractivity contribution in [3.63, 3.8) is 0 Å². The molecular weight excluding hydrogens is 287 g/mol. The minimum absolute atomic E-state index is 0.0639. The second kappa shape index (κ2) is 7.77. The Labute approximate surface area is 129 Å². The van der Waals surface area contributed by atoms with E-state index in [1.165, 1.54) is 13.2 Å². The van der Waals surface area contributed by atoms with Crippen molar-refractivity contribution in [3.8, 4) is 0 Å². The third kappa shape index (κ3) is 4.44. The lowest BCUT2D eigenvalue weighted by molar-refractivity contribution is -0.122. The largest absolute Gasteiger partial charge is 0.453 e. The molecule has 0 bridgehead atoms. The van der Waals surface area contributed by atoms with Crippen LogP contribution in [0.15, 0.2) is 24.3 Å². The van der Waals surface area contributed by atoms with E-state index in [0.717, 1.165) is 0 Å². The van der Waals surface area contributed by atoms with Gasteiger partial charge in [-0.25, -0.2) is 9.18 Å². The summed E-state index contributed by atoms with van der Waals surface area (Å²) in [4.78, 5) is 24.9. The molecule has 5 nitrogen and oxygen atoms in total. The van der Waals surface area contributed by atoms with E-state index in [0.29, 0.717) is 37.9 Å². The Hall–Kier alpha value is -2.11. The Bertz CT molecular complexity index is 528. The topological polar surface area (TPSA) is 58.6 Å². The number of benzene rings is 1. The zero-order valence-electron chi connectivity index (χ0n) is 12.7. The van der Waals surface area contributed by atoms with Gasteiger partial charge in [0.2, 0.25) is 5.91 Å². The standard InChI is InChI=1S/C16H21FN2O3/c1-22-16(21)19-10-8-13(9-11-19)18-15(20)7-6-12-4-2-3-5-14(12)17/h2-5,13H,6-11H2,1H3,(H,18,20). The summed E-state index contributed by atoms with van der Waals surface area (Å²) in [6.07, 6.45) is 1.74. The molecule has 0 spiro atoms. The number of halogens is 1. The van der Waals surface area contributed by atoms with Crippen LogP contribution in [0.2, 0.25) is 0 Å². The van der Waals surface area contributed by atoms with Gasteiger partial charge in [0, 0.05) is 25.6 Å². The zero-order valence-corrected chi connectivity index (χ0v) is 12.7. The van der Waals surface area contributed by atoms with E-state index >= 15 is 0 Å². The van der Waals surface area contributed by atoms with Crippen molar-refractivity contribution in [2.24, 2.45) is 0 Å². The number of methoxy groups -OCH3 is 1. The smallest absolute Gasteiger partial charge is 0.409 e. The average Bonchev–Trinajstić information content (AvgIpc) is 2.54. The predicted molar refractivity (Wildman–Crippen MR) is 79.9 cm³/mol. The highest BCUT2D eigenvalue weighted by atomic mass is 19.1. The first-order valence-electron chi connectivity index (χ1n) is 7.46. The molecule has 0 radical (unpaired) electrons. The van der Waals surface area contributed by atoms with Crippen LogP contribution in [0.1, 0.15) is 24.8 Å². The predicted octanol–water partition coefficient (Wildman–Crippen LogP) is 2.11. The summed E-state index contributed by atoms with van der Waals surface area (Å²) in [5.74, 6) is -0.360. The summed E-state index contributed by atoms with van der Waals surface area (Å²) in [5.41, 5.74) is 0.554. The van der Waals surface area contributed by atoms with Gasteiger partial charge in [0.25, 0.3) is 0 Å². The first-order valence-corrected chi connectivity index (χ1v) is 7.46. The van der Waals surface area contributed by atoms with Crippen LogP contribution < -0.4 is 5.32 Å². The minimum Gasteiger partial charge on any atom is -0.453 e. The van der Waals surface area contributed by atoms with Gasteiger partial charge >= 0.3 is 6.09 Å². The number of likely N-dealkylation sites (tertiary alicyclic amines) is 1. The van der Waals surface area contributed by atoms with Gasteiger partial charge < -0.3 is 15.0 Å². The summed E-state index contributed by atoms with van der Waals surface area (Å²) < 4.78 is 18.1. The van der Waals surface area contributed by atoms with Crippen LogP contribution in [0.25, 0.3) is 0 Å². The molecule has 2 amide bonds. The molecule has 1 saturated heterocycles. The monoisotopic (exact) mass is 308 g/mol. The van der Waals surface area contributed by atoms with Gasteiger partial charge in [0.15, 0.2) is 0 Å². The molecule has 1 aromatic rings. The van der Waals surface area contributed by atoms with E-state index in [4.69, 9.17) is 0 Å². The Morgan fingerprint density at radius 3 is 2.64 bits per heavy atom. The quantitative estimate of drug-likeness (QED) is 0.927. The molecule has 0 unspecified atom stereocenters. The van der Waals surface area contributed by atoms with Crippen molar-refractivity contribution in [2.75, 3.05) is 20.2 Å². The third-order valence-electron chi connectivity index (χ3n) is 3.87. The van der Waals surface area contributed by atoms with Crippen LogP contribution in [0.5, 0.6) is 0 Å². The number of carbonyl (C=O) groups excluding carboxylic acids is 2. The number of carbonyl (C=O) groups is 2. The highest BCUT2D eigenvalue weighted by Gasteiger charge is 2.24. The van der Waals surface area contributed by atoms with Crippen molar-refractivity contribution in [1.82, 2.24) is 10.2 Å². The van der Waals surface area contributed by atoms with Gasteiger partial charge in [0.05, 0.1) is 7.11 Å². The van der Waals surface area contributed by atoms with E-state index in [9.17, 15) is 14.0 Å². The Balaban J connectivity index is 1.72. The molecule has 2 rings (SSSR count). The van der Waals surface area contributed by atoms with Gasteiger partial charge in [-0.2, -0.15) is 0 Å². The number of ether oxygens (including phenoxy) is 1. The highest BCUT2D eigenvalue weighted by molar-refractivity contribution is 5.76. The van der Waals surface area contributed by atoms with E-state index < -0.39 is 0 Å². The molecule has 1 aliphatic heterocycles. The summed E-state index contributed by atoms with van der Waals surface area (Å²) in [7, 11) is 1.36. The molecule has 1 N–H and O–H groups in total. The van der Waals surface area contributed by atoms with Crippen molar-refractivity contribution in [2.45, 2.75) is 31.7 Å². The number of hydrogen-bond acceptors (Lipinski definition) is 3. The van der Waals surface area contributed by atoms with Crippen LogP contribution in [-0.2, 0) is 16.0 Å². The summed E-state index contributed by atoms with van der Waals surface area (Å²) in [5, 5.41) is 2.95. The van der Waals surface area contributed by atoms with Crippen molar-refractivity contribution in [3.05, 3.63) is 35.6 Å². The van der Waals surface area contributed by atoms with Crippen molar-refractivity contribution >= 4 is 12.0 Å². The van der Waals surface area contributed by atoms with Crippen LogP contribution in [0, 0.1) is 5.82 Å².